The van der Waals surface area contributed by atoms with Crippen LogP contribution in [-0.4, -0.2) is 111 Å². The van der Waals surface area contributed by atoms with Crippen LogP contribution in [0, 0.1) is 6.92 Å². The molecular weight excluding hydrogens is 446 g/mol. The summed E-state index contributed by atoms with van der Waals surface area (Å²) in [6.07, 6.45) is -0.253. The second-order valence-electron chi connectivity index (χ2n) is 9.41. The van der Waals surface area contributed by atoms with Gasteiger partial charge in [-0.1, -0.05) is 12.1 Å². The van der Waals surface area contributed by atoms with Crippen LogP contribution >= 0.6 is 0 Å². The normalized spacial score (nSPS) is 30.3. The average Bonchev–Trinajstić information content (AvgIpc) is 2.77. The lowest BCUT2D eigenvalue weighted by Crippen LogP contribution is -2.57. The molecule has 0 bridgehead atoms. The zero-order valence-corrected chi connectivity index (χ0v) is 20.2. The molecule has 0 radical (unpaired) electrons. The molecule has 9 nitrogen and oxygen atoms in total. The Labute approximate surface area is 196 Å². The van der Waals surface area contributed by atoms with Crippen LogP contribution in [0.25, 0.3) is 0 Å². The Bertz CT molecular complexity index is 934. The molecule has 3 aliphatic heterocycles. The van der Waals surface area contributed by atoms with Crippen molar-refractivity contribution in [2.24, 2.45) is 0 Å². The topological polar surface area (TPSA) is 99.6 Å². The largest absolute Gasteiger partial charge is 0.389 e. The summed E-state index contributed by atoms with van der Waals surface area (Å²) >= 11 is 0. The van der Waals surface area contributed by atoms with E-state index in [1.165, 1.54) is 4.31 Å². The predicted molar refractivity (Wildman–Crippen MR) is 122 cm³/mol. The van der Waals surface area contributed by atoms with E-state index in [0.29, 0.717) is 19.3 Å². The predicted octanol–water partition coefficient (Wildman–Crippen LogP) is 0.457. The third-order valence-electron chi connectivity index (χ3n) is 6.79. The highest BCUT2D eigenvalue weighted by Gasteiger charge is 2.43. The fraction of sp³-hybridized carbons (Fsp3) is 0.696. The molecule has 1 aromatic rings. The van der Waals surface area contributed by atoms with Gasteiger partial charge in [-0.05, 0) is 44.5 Å². The first-order valence-electron chi connectivity index (χ1n) is 11.7. The molecule has 1 amide bonds. The molecule has 184 valence electrons. The molecule has 1 N–H and O–H groups in total. The van der Waals surface area contributed by atoms with Crippen LogP contribution in [0.5, 0.6) is 0 Å². The number of amides is 1. The number of nitrogens with zero attached hydrogens (tertiary/aromatic N) is 3. The summed E-state index contributed by atoms with van der Waals surface area (Å²) in [4.78, 5) is 17.1. The summed E-state index contributed by atoms with van der Waals surface area (Å²) < 4.78 is 40.4. The summed E-state index contributed by atoms with van der Waals surface area (Å²) in [6.45, 7) is 5.19. The second-order valence-corrected chi connectivity index (χ2v) is 11.3. The number of ether oxygens (including phenoxy) is 2. The van der Waals surface area contributed by atoms with Crippen LogP contribution in [0.1, 0.15) is 24.8 Å². The minimum Gasteiger partial charge on any atom is -0.389 e. The number of β-amino-alcohol motifs (C(OH)–C–C–N with tert-alkyl or cyclic N) is 1. The molecule has 3 fully saturated rings. The van der Waals surface area contributed by atoms with Gasteiger partial charge in [-0.2, -0.15) is 4.31 Å². The van der Waals surface area contributed by atoms with E-state index in [-0.39, 0.29) is 36.7 Å². The highest BCUT2D eigenvalue weighted by Crippen LogP contribution is 2.32. The first-order valence-corrected chi connectivity index (χ1v) is 13.1. The van der Waals surface area contributed by atoms with Gasteiger partial charge in [-0.3, -0.25) is 4.79 Å². The Morgan fingerprint density at radius 3 is 2.64 bits per heavy atom. The smallest absolute Gasteiger partial charge is 0.243 e. The van der Waals surface area contributed by atoms with E-state index in [9.17, 15) is 18.3 Å². The van der Waals surface area contributed by atoms with E-state index in [4.69, 9.17) is 9.47 Å². The molecular formula is C23H35N3O6S. The number of aliphatic hydroxyl groups is 1. The number of rotatable bonds is 4. The van der Waals surface area contributed by atoms with E-state index in [1.807, 2.05) is 24.9 Å². The van der Waals surface area contributed by atoms with Crippen molar-refractivity contribution in [1.82, 2.24) is 14.1 Å². The number of aliphatic hydroxyl groups excluding tert-OH is 1. The number of piperazine rings is 1. The van der Waals surface area contributed by atoms with Crippen molar-refractivity contribution in [3.63, 3.8) is 0 Å². The number of aryl methyl sites for hydroxylation is 1. The second kappa shape index (κ2) is 10.4. The molecule has 10 heteroatoms. The molecule has 0 aromatic heterocycles. The molecule has 4 atom stereocenters. The van der Waals surface area contributed by atoms with Gasteiger partial charge in [0.05, 0.1) is 48.9 Å². The van der Waals surface area contributed by atoms with Gasteiger partial charge in [0, 0.05) is 32.7 Å². The molecule has 0 spiro atoms. The van der Waals surface area contributed by atoms with Crippen LogP contribution in [-0.2, 0) is 24.3 Å². The number of sulfonamides is 1. The Morgan fingerprint density at radius 2 is 1.91 bits per heavy atom. The van der Waals surface area contributed by atoms with Crippen molar-refractivity contribution in [1.29, 1.82) is 0 Å². The van der Waals surface area contributed by atoms with Crippen molar-refractivity contribution in [3.8, 4) is 0 Å². The van der Waals surface area contributed by atoms with E-state index >= 15 is 0 Å². The number of hydrogen-bond acceptors (Lipinski definition) is 7. The molecule has 0 aliphatic carbocycles. The number of hydrogen-bond donors (Lipinski definition) is 1. The summed E-state index contributed by atoms with van der Waals surface area (Å²) in [5.41, 5.74) is 0.853. The summed E-state index contributed by atoms with van der Waals surface area (Å²) in [6, 6.07) is 6.35. The molecule has 4 rings (SSSR count). The van der Waals surface area contributed by atoms with E-state index in [1.54, 1.807) is 18.2 Å². The number of carbonyl (C=O) groups is 1. The Hall–Kier alpha value is -1.56. The van der Waals surface area contributed by atoms with Crippen LogP contribution < -0.4 is 0 Å². The summed E-state index contributed by atoms with van der Waals surface area (Å²) in [7, 11) is -1.78. The molecule has 0 unspecified atom stereocenters. The van der Waals surface area contributed by atoms with Gasteiger partial charge in [0.1, 0.15) is 0 Å². The van der Waals surface area contributed by atoms with E-state index in [2.05, 4.69) is 4.90 Å². The van der Waals surface area contributed by atoms with Crippen molar-refractivity contribution >= 4 is 15.9 Å². The minimum absolute atomic E-state index is 0.0390. The summed E-state index contributed by atoms with van der Waals surface area (Å²) in [5.74, 6) is 0.0815. The van der Waals surface area contributed by atoms with Gasteiger partial charge in [0.2, 0.25) is 15.9 Å². The molecule has 3 saturated heterocycles. The van der Waals surface area contributed by atoms with Gasteiger partial charge in [-0.15, -0.1) is 0 Å². The zero-order chi connectivity index (χ0) is 23.6. The number of carbonyl (C=O) groups excluding carboxylic acids is 1. The number of fused-ring (bicyclic) bond motifs is 1. The first kappa shape index (κ1) is 24.6. The van der Waals surface area contributed by atoms with E-state index < -0.39 is 28.3 Å². The average molecular weight is 482 g/mol. The van der Waals surface area contributed by atoms with Crippen molar-refractivity contribution in [3.05, 3.63) is 29.8 Å². The lowest BCUT2D eigenvalue weighted by Gasteiger charge is -2.44. The van der Waals surface area contributed by atoms with E-state index in [0.717, 1.165) is 31.7 Å². The highest BCUT2D eigenvalue weighted by atomic mass is 32.2. The van der Waals surface area contributed by atoms with Crippen LogP contribution in [0.15, 0.2) is 29.2 Å². The van der Waals surface area contributed by atoms with Crippen LogP contribution in [0.2, 0.25) is 0 Å². The van der Waals surface area contributed by atoms with Crippen molar-refractivity contribution in [2.45, 2.75) is 55.4 Å². The third-order valence-corrected chi connectivity index (χ3v) is 8.68. The van der Waals surface area contributed by atoms with Crippen molar-refractivity contribution in [2.75, 3.05) is 53.0 Å². The van der Waals surface area contributed by atoms with Crippen LogP contribution in [0.3, 0.4) is 0 Å². The van der Waals surface area contributed by atoms with Gasteiger partial charge in [0.25, 0.3) is 0 Å². The lowest BCUT2D eigenvalue weighted by molar-refractivity contribution is -0.152. The summed E-state index contributed by atoms with van der Waals surface area (Å²) in [5, 5.41) is 10.3. The Balaban J connectivity index is 1.48. The standard InChI is InChI=1S/C23H35N3O6S/c1-17-4-3-5-20(12-17)33(29,30)26-14-18(27)15-31-16-22-21(26)7-6-19(32-22)13-23(28)25-10-8-24(2)9-11-25/h3-5,12,18-19,21-22,27H,6-11,13-16H2,1-2H3/t18-,19+,21-,22+/m1/s1. The number of likely N-dealkylation sites (N-methyl/N-ethyl adjacent to an activating group) is 1. The maximum absolute atomic E-state index is 13.6. The Morgan fingerprint density at radius 1 is 1.15 bits per heavy atom. The molecule has 1 aromatic carbocycles. The number of benzene rings is 1. The first-order chi connectivity index (χ1) is 15.7. The third kappa shape index (κ3) is 5.75. The maximum atomic E-state index is 13.6. The lowest BCUT2D eigenvalue weighted by atomic mass is 9.96. The monoisotopic (exact) mass is 481 g/mol. The fourth-order valence-corrected chi connectivity index (χ4v) is 6.68. The van der Waals surface area contributed by atoms with Gasteiger partial charge in [-0.25, -0.2) is 8.42 Å². The molecule has 3 heterocycles. The van der Waals surface area contributed by atoms with Gasteiger partial charge < -0.3 is 24.4 Å². The van der Waals surface area contributed by atoms with Gasteiger partial charge >= 0.3 is 0 Å². The highest BCUT2D eigenvalue weighted by molar-refractivity contribution is 7.89. The maximum Gasteiger partial charge on any atom is 0.243 e. The minimum atomic E-state index is -3.83. The van der Waals surface area contributed by atoms with Gasteiger partial charge in [0.15, 0.2) is 0 Å². The fourth-order valence-electron chi connectivity index (χ4n) is 4.86. The quantitative estimate of drug-likeness (QED) is 0.667. The van der Waals surface area contributed by atoms with Crippen LogP contribution in [0.4, 0.5) is 0 Å². The molecule has 3 aliphatic rings. The molecule has 33 heavy (non-hydrogen) atoms. The molecule has 0 saturated carbocycles. The zero-order valence-electron chi connectivity index (χ0n) is 19.4. The SMILES string of the molecule is Cc1cccc(S(=O)(=O)N2C[C@@H](O)COC[C@@H]3O[C@H](CC(=O)N4CCN(C)CC4)CC[C@H]32)c1. The Kier molecular flexibility index (Phi) is 7.72. The van der Waals surface area contributed by atoms with Crippen molar-refractivity contribution < 1.29 is 27.8 Å².